The molecule has 0 radical (unpaired) electrons. The maximum atomic E-state index is 11.4. The molecule has 0 amide bonds. The molecule has 6 rings (SSSR count). The third kappa shape index (κ3) is 17.4. The van der Waals surface area contributed by atoms with E-state index in [-0.39, 0.29) is 50.2 Å². The Bertz CT molecular complexity index is 2580. The largest absolute Gasteiger partial charge is 1.00 e. The molecule has 0 aliphatic heterocycles. The fraction of sp³-hybridized carbons (Fsp3) is 0.100. The zero-order valence-electron chi connectivity index (χ0n) is 27.3. The molecule has 6 aromatic rings. The number of halogens is 5. The van der Waals surface area contributed by atoms with Crippen LogP contribution in [-0.2, 0) is 35.3 Å². The first kappa shape index (κ1) is 48.6. The minimum absolute atomic E-state index is 0. The summed E-state index contributed by atoms with van der Waals surface area (Å²) in [6, 6.07) is 19.5. The number of hydrogen-bond donors (Lipinski definition) is 2. The predicted octanol–water partition coefficient (Wildman–Crippen LogP) is 4.67. The molecule has 1 unspecified atom stereocenters. The Morgan fingerprint density at radius 1 is 0.750 bits per heavy atom. The summed E-state index contributed by atoms with van der Waals surface area (Å²) in [5, 5.41) is -0.919. The molecule has 0 spiro atoms. The van der Waals surface area contributed by atoms with Crippen LogP contribution in [0.15, 0.2) is 111 Å². The van der Waals surface area contributed by atoms with Crippen molar-refractivity contribution in [3.05, 3.63) is 120 Å². The number of hydrogen-bond acceptors (Lipinski definition) is 10. The van der Waals surface area contributed by atoms with Crippen molar-refractivity contribution in [3.63, 3.8) is 0 Å². The molecule has 0 saturated heterocycles. The van der Waals surface area contributed by atoms with Crippen LogP contribution in [0.2, 0.25) is 5.02 Å². The number of aromatic amines is 2. The van der Waals surface area contributed by atoms with Gasteiger partial charge in [0.15, 0.2) is 30.5 Å². The molecule has 3 heterocycles. The smallest absolute Gasteiger partial charge is 0.773 e. The Morgan fingerprint density at radius 3 is 1.62 bits per heavy atom. The third-order valence-corrected chi connectivity index (χ3v) is 9.19. The summed E-state index contributed by atoms with van der Waals surface area (Å²) < 4.78 is 73.8. The molecule has 1 atom stereocenters. The van der Waals surface area contributed by atoms with Gasteiger partial charge in [0.1, 0.15) is 0 Å². The van der Waals surface area contributed by atoms with Crippen molar-refractivity contribution >= 4 is 137 Å². The van der Waals surface area contributed by atoms with E-state index >= 15 is 0 Å². The summed E-state index contributed by atoms with van der Waals surface area (Å²) in [7, 11) is -6.46. The zero-order chi connectivity index (χ0) is 38.7. The van der Waals surface area contributed by atoms with E-state index in [1.54, 1.807) is 42.7 Å². The van der Waals surface area contributed by atoms with Crippen LogP contribution in [0, 0.1) is 3.57 Å². The molecule has 0 aliphatic carbocycles. The summed E-state index contributed by atoms with van der Waals surface area (Å²) in [6.45, 7) is 0. The van der Waals surface area contributed by atoms with Crippen molar-refractivity contribution in [2.75, 3.05) is 18.8 Å². The minimum atomic E-state index is -3.26. The molecule has 0 fully saturated rings. The second kappa shape index (κ2) is 21.6. The van der Waals surface area contributed by atoms with Crippen LogP contribution in [0.4, 0.5) is 0 Å². The molecule has 0 saturated carbocycles. The van der Waals surface area contributed by atoms with Crippen molar-refractivity contribution < 1.29 is 59.7 Å². The van der Waals surface area contributed by atoms with E-state index in [9.17, 15) is 31.0 Å². The summed E-state index contributed by atoms with van der Waals surface area (Å²) in [5.41, 5.74) is 2.10. The van der Waals surface area contributed by atoms with Crippen molar-refractivity contribution in [1.29, 1.82) is 0 Å². The molecule has 22 heteroatoms. The van der Waals surface area contributed by atoms with Crippen molar-refractivity contribution in [1.82, 2.24) is 15.0 Å². The Morgan fingerprint density at radius 2 is 1.15 bits per heavy atom. The van der Waals surface area contributed by atoms with Gasteiger partial charge in [0.25, 0.3) is 0 Å². The van der Waals surface area contributed by atoms with Crippen LogP contribution in [0.25, 0.3) is 32.7 Å². The van der Waals surface area contributed by atoms with E-state index in [4.69, 9.17) is 20.4 Å². The molecule has 52 heavy (non-hydrogen) atoms. The van der Waals surface area contributed by atoms with Crippen LogP contribution in [-0.4, -0.2) is 59.3 Å². The van der Waals surface area contributed by atoms with E-state index in [0.717, 1.165) is 27.0 Å². The van der Waals surface area contributed by atoms with Crippen molar-refractivity contribution in [3.8, 4) is 0 Å². The molecule has 0 aliphatic rings. The Kier molecular flexibility index (Phi) is 20.2. The molecular weight excluding hydrogens is 965 g/mol. The van der Waals surface area contributed by atoms with Gasteiger partial charge >= 0.3 is 34.8 Å². The van der Waals surface area contributed by atoms with Crippen LogP contribution >= 0.6 is 73.1 Å². The Labute approximate surface area is 356 Å². The predicted molar refractivity (Wildman–Crippen MR) is 215 cm³/mol. The molecule has 12 nitrogen and oxygen atoms in total. The number of fused-ring (bicyclic) bond motifs is 3. The summed E-state index contributed by atoms with van der Waals surface area (Å²) in [6.07, 6.45) is 8.15. The van der Waals surface area contributed by atoms with Crippen molar-refractivity contribution in [2.45, 2.75) is 9.79 Å². The minimum Gasteiger partial charge on any atom is -0.773 e. The fourth-order valence-corrected chi connectivity index (χ4v) is 5.84. The second-order valence-corrected chi connectivity index (χ2v) is 23.0. The molecule has 3 aromatic heterocycles. The molecular formula is C30H26Cl4IN3NaO9PS3. The fourth-order valence-electron chi connectivity index (χ4n) is 3.85. The van der Waals surface area contributed by atoms with E-state index in [2.05, 4.69) is 71.3 Å². The number of pyridine rings is 3. The average molecular weight is 991 g/mol. The number of nitrogens with zero attached hydrogens (tertiary/aromatic N) is 1. The van der Waals surface area contributed by atoms with Gasteiger partial charge in [-0.25, -0.2) is 16.8 Å². The molecule has 3 aromatic carbocycles. The second-order valence-electron chi connectivity index (χ2n) is 9.90. The normalized spacial score (nSPS) is 11.6. The van der Waals surface area contributed by atoms with E-state index in [0.29, 0.717) is 26.8 Å². The van der Waals surface area contributed by atoms with E-state index in [1.165, 1.54) is 36.7 Å². The first-order valence-electron chi connectivity index (χ1n) is 13.5. The monoisotopic (exact) mass is 989 g/mol. The quantitative estimate of drug-likeness (QED) is 0.106. The zero-order valence-corrected chi connectivity index (χ0v) is 37.9. The molecule has 2 N–H and O–H groups in total. The maximum absolute atomic E-state index is 11.4. The average Bonchev–Trinajstić information content (AvgIpc) is 3.00. The number of aromatic nitrogens is 3. The van der Waals surface area contributed by atoms with E-state index in [1.807, 2.05) is 18.2 Å². The van der Waals surface area contributed by atoms with Crippen LogP contribution < -0.4 is 40.4 Å². The number of rotatable bonds is 2. The number of nitrogens with one attached hydrogen (secondary N) is 2. The van der Waals surface area contributed by atoms with Crippen LogP contribution in [0.5, 0.6) is 0 Å². The van der Waals surface area contributed by atoms with Gasteiger partial charge in [0.05, 0.1) is 20.3 Å². The number of H-pyrrole nitrogens is 2. The van der Waals surface area contributed by atoms with Gasteiger partial charge in [-0.15, -0.1) is 0 Å². The molecule has 0 bridgehead atoms. The number of sulfone groups is 2. The standard InChI is InChI=1S/C10H8ClNO2S.C10H9NO3S.C9H6INO.CH4O2S.Cl3OP.Na/c1-15(13,14)7-2-3-10-8(6-7)9(11)4-5-12-10;1-15(13,14)7-2-3-9-8(6-7)10(12)4-5-11-9;10-6-1-2-8-7(5-6)9(12)3-4-11-8;1-4(2)3;1-5(2,3)4;/h2-6H,1H3;2-6H,1H3,(H,11,12);1-5H,(H,11,12);1H3,(H,2,3);;/q;;;;;+1/p-1. The first-order chi connectivity index (χ1) is 23.5. The Balaban J connectivity index is 0.000000348. The summed E-state index contributed by atoms with van der Waals surface area (Å²) in [4.78, 5) is 33.1. The summed E-state index contributed by atoms with van der Waals surface area (Å²) >= 11 is 20.1. The number of benzene rings is 3. The maximum Gasteiger partial charge on any atom is 1.00 e. The van der Waals surface area contributed by atoms with Crippen LogP contribution in [0.1, 0.15) is 0 Å². The van der Waals surface area contributed by atoms with Crippen molar-refractivity contribution in [2.24, 2.45) is 0 Å². The first-order valence-corrected chi connectivity index (χ1v) is 24.6. The van der Waals surface area contributed by atoms with E-state index < -0.39 is 36.0 Å². The molecule has 274 valence electrons. The van der Waals surface area contributed by atoms with Gasteiger partial charge in [-0.2, -0.15) is 0 Å². The summed E-state index contributed by atoms with van der Waals surface area (Å²) in [5.74, 6) is 0. The van der Waals surface area contributed by atoms with Gasteiger partial charge < -0.3 is 14.5 Å². The SMILES string of the molecule is CS(=O)(=O)c1ccc2[nH]ccc(=O)c2c1.CS(=O)(=O)c1ccc2nccc(Cl)c2c1.CS(=O)[O-].O=P(Cl)(Cl)Cl.O=c1cc[nH]c2ccc(I)cc12.[Na+]. The van der Waals surface area contributed by atoms with Gasteiger partial charge in [-0.05, 0) is 123 Å². The van der Waals surface area contributed by atoms with Gasteiger partial charge in [0.2, 0.25) is 0 Å². The van der Waals surface area contributed by atoms with Gasteiger partial charge in [-0.3, -0.25) is 23.3 Å². The third-order valence-electron chi connectivity index (χ3n) is 5.97. The topological polar surface area (TPSA) is 204 Å². The van der Waals surface area contributed by atoms with Gasteiger partial charge in [0, 0.05) is 74.0 Å². The van der Waals surface area contributed by atoms with Gasteiger partial charge in [-0.1, -0.05) is 22.7 Å². The Hall–Kier alpha value is -1.38. The van der Waals surface area contributed by atoms with Crippen LogP contribution in [0.3, 0.4) is 0 Å².